The predicted molar refractivity (Wildman–Crippen MR) is 124 cm³/mol. The zero-order valence-electron chi connectivity index (χ0n) is 17.6. The van der Waals surface area contributed by atoms with Gasteiger partial charge in [0.05, 0.1) is 11.3 Å². The number of halogens is 1. The fourth-order valence-electron chi connectivity index (χ4n) is 3.45. The molecule has 2 aromatic heterocycles. The zero-order valence-corrected chi connectivity index (χ0v) is 18.4. The van der Waals surface area contributed by atoms with Gasteiger partial charge in [-0.2, -0.15) is 4.80 Å². The highest BCUT2D eigenvalue weighted by Gasteiger charge is 2.14. The van der Waals surface area contributed by atoms with Gasteiger partial charge >= 0.3 is 0 Å². The molecule has 0 unspecified atom stereocenters. The number of anilines is 2. The van der Waals surface area contributed by atoms with E-state index in [0.29, 0.717) is 16.8 Å². The first-order valence-electron chi connectivity index (χ1n) is 10.1. The van der Waals surface area contributed by atoms with E-state index >= 15 is 0 Å². The minimum absolute atomic E-state index is 0.165. The minimum Gasteiger partial charge on any atom is -0.372 e. The van der Waals surface area contributed by atoms with Gasteiger partial charge in [0.15, 0.2) is 0 Å². The first-order valence-corrected chi connectivity index (χ1v) is 10.5. The number of benzene rings is 2. The minimum atomic E-state index is -0.320. The Balaban J connectivity index is 1.62. The van der Waals surface area contributed by atoms with Crippen LogP contribution in [0.1, 0.15) is 29.8 Å². The van der Waals surface area contributed by atoms with Crippen molar-refractivity contribution in [1.29, 1.82) is 0 Å². The third kappa shape index (κ3) is 4.22. The van der Waals surface area contributed by atoms with Gasteiger partial charge in [-0.25, -0.2) is 4.98 Å². The summed E-state index contributed by atoms with van der Waals surface area (Å²) in [5.41, 5.74) is 5.33. The molecule has 4 rings (SSSR count). The molecule has 4 aromatic rings. The summed E-state index contributed by atoms with van der Waals surface area (Å²) in [6, 6.07) is 15.2. The van der Waals surface area contributed by atoms with Gasteiger partial charge in [-0.3, -0.25) is 4.79 Å². The Morgan fingerprint density at radius 2 is 1.74 bits per heavy atom. The van der Waals surface area contributed by atoms with Crippen molar-refractivity contribution < 1.29 is 4.79 Å². The van der Waals surface area contributed by atoms with Crippen molar-refractivity contribution in [2.24, 2.45) is 0 Å². The number of fused-ring (bicyclic) bond motifs is 1. The Kier molecular flexibility index (Phi) is 5.86. The molecule has 0 aliphatic rings. The number of rotatable bonds is 6. The van der Waals surface area contributed by atoms with Gasteiger partial charge in [0.1, 0.15) is 16.2 Å². The first kappa shape index (κ1) is 20.8. The van der Waals surface area contributed by atoms with Crippen LogP contribution in [0.25, 0.3) is 16.7 Å². The number of aromatic nitrogens is 4. The highest BCUT2D eigenvalue weighted by Crippen LogP contribution is 2.24. The lowest BCUT2D eigenvalue weighted by molar-refractivity contribution is 0.102. The van der Waals surface area contributed by atoms with E-state index in [-0.39, 0.29) is 11.1 Å². The molecule has 0 bridgehead atoms. The summed E-state index contributed by atoms with van der Waals surface area (Å²) in [7, 11) is 0. The zero-order chi connectivity index (χ0) is 22.0. The average Bonchev–Trinajstić information content (AvgIpc) is 3.18. The maximum atomic E-state index is 12.6. The van der Waals surface area contributed by atoms with Gasteiger partial charge in [-0.05, 0) is 74.9 Å². The van der Waals surface area contributed by atoms with Crippen molar-refractivity contribution in [2.75, 3.05) is 23.3 Å². The van der Waals surface area contributed by atoms with Gasteiger partial charge < -0.3 is 10.2 Å². The van der Waals surface area contributed by atoms with Crippen molar-refractivity contribution in [1.82, 2.24) is 20.0 Å². The normalized spacial score (nSPS) is 11.0. The van der Waals surface area contributed by atoms with Crippen molar-refractivity contribution in [3.8, 4) is 5.69 Å². The molecule has 8 heteroatoms. The number of aryl methyl sites for hydroxylation is 1. The summed E-state index contributed by atoms with van der Waals surface area (Å²) in [6.07, 6.45) is 1.54. The lowest BCUT2D eigenvalue weighted by Gasteiger charge is -2.20. The van der Waals surface area contributed by atoms with Crippen LogP contribution in [0.4, 0.5) is 11.4 Å². The van der Waals surface area contributed by atoms with Gasteiger partial charge in [-0.15, -0.1) is 10.2 Å². The molecule has 31 heavy (non-hydrogen) atoms. The van der Waals surface area contributed by atoms with Crippen LogP contribution in [0, 0.1) is 6.92 Å². The number of hydrogen-bond acceptors (Lipinski definition) is 5. The third-order valence-corrected chi connectivity index (χ3v) is 5.49. The largest absolute Gasteiger partial charge is 0.372 e. The third-order valence-electron chi connectivity index (χ3n) is 5.19. The van der Waals surface area contributed by atoms with Crippen LogP contribution in [0.15, 0.2) is 54.7 Å². The van der Waals surface area contributed by atoms with Crippen molar-refractivity contribution in [2.45, 2.75) is 20.8 Å². The number of amides is 1. The number of hydrogen-bond donors (Lipinski definition) is 1. The molecule has 0 aliphatic carbocycles. The van der Waals surface area contributed by atoms with Crippen LogP contribution in [-0.4, -0.2) is 39.0 Å². The number of pyridine rings is 1. The summed E-state index contributed by atoms with van der Waals surface area (Å²) in [4.78, 5) is 20.5. The van der Waals surface area contributed by atoms with Crippen LogP contribution in [-0.2, 0) is 0 Å². The maximum Gasteiger partial charge on any atom is 0.258 e. The van der Waals surface area contributed by atoms with E-state index in [1.807, 2.05) is 31.2 Å². The number of carbonyl (C=O) groups is 1. The molecular formula is C23H23ClN6O. The Morgan fingerprint density at radius 3 is 2.39 bits per heavy atom. The monoisotopic (exact) mass is 434 g/mol. The van der Waals surface area contributed by atoms with Gasteiger partial charge in [0.25, 0.3) is 5.91 Å². The van der Waals surface area contributed by atoms with E-state index < -0.39 is 0 Å². The smallest absolute Gasteiger partial charge is 0.258 e. The van der Waals surface area contributed by atoms with Crippen molar-refractivity contribution in [3.05, 3.63) is 71.0 Å². The second-order valence-electron chi connectivity index (χ2n) is 7.13. The molecule has 7 nitrogen and oxygen atoms in total. The van der Waals surface area contributed by atoms with Gasteiger partial charge in [0, 0.05) is 30.7 Å². The van der Waals surface area contributed by atoms with Crippen molar-refractivity contribution in [3.63, 3.8) is 0 Å². The van der Waals surface area contributed by atoms with Crippen LogP contribution in [0.5, 0.6) is 0 Å². The van der Waals surface area contributed by atoms with Crippen LogP contribution >= 0.6 is 11.6 Å². The quantitative estimate of drug-likeness (QED) is 0.438. The molecular weight excluding hydrogens is 412 g/mol. The van der Waals surface area contributed by atoms with E-state index in [2.05, 4.69) is 51.4 Å². The second kappa shape index (κ2) is 8.73. The van der Waals surface area contributed by atoms with Crippen LogP contribution < -0.4 is 10.2 Å². The lowest BCUT2D eigenvalue weighted by Crippen LogP contribution is -2.21. The Hall–Kier alpha value is -3.45. The summed E-state index contributed by atoms with van der Waals surface area (Å²) < 4.78 is 0. The first-order chi connectivity index (χ1) is 15.0. The molecule has 158 valence electrons. The lowest BCUT2D eigenvalue weighted by atomic mass is 10.1. The van der Waals surface area contributed by atoms with Crippen LogP contribution in [0.3, 0.4) is 0 Å². The summed E-state index contributed by atoms with van der Waals surface area (Å²) >= 11 is 6.04. The fourth-order valence-corrected chi connectivity index (χ4v) is 3.65. The topological polar surface area (TPSA) is 75.9 Å². The number of carbonyl (C=O) groups excluding carboxylic acids is 1. The van der Waals surface area contributed by atoms with E-state index in [0.717, 1.165) is 29.9 Å². The molecule has 0 spiro atoms. The molecule has 0 aliphatic heterocycles. The molecule has 0 radical (unpaired) electrons. The molecule has 1 N–H and O–H groups in total. The average molecular weight is 435 g/mol. The molecule has 0 atom stereocenters. The predicted octanol–water partition coefficient (Wildman–Crippen LogP) is 4.88. The Labute approximate surface area is 185 Å². The van der Waals surface area contributed by atoms with Gasteiger partial charge in [-0.1, -0.05) is 11.6 Å². The van der Waals surface area contributed by atoms with Crippen LogP contribution in [0.2, 0.25) is 5.15 Å². The molecule has 2 heterocycles. The highest BCUT2D eigenvalue weighted by atomic mass is 35.5. The summed E-state index contributed by atoms with van der Waals surface area (Å²) in [6.45, 7) is 8.10. The Morgan fingerprint density at radius 1 is 1.06 bits per heavy atom. The fraction of sp³-hybridized carbons (Fsp3) is 0.217. The summed E-state index contributed by atoms with van der Waals surface area (Å²) in [5, 5.41) is 12.3. The SMILES string of the molecule is CCN(CC)c1ccc(-n2nc3cc(C)c(NC(=O)c4cccnc4Cl)cc3n2)cc1. The number of nitrogens with one attached hydrogen (secondary N) is 1. The molecule has 0 saturated carbocycles. The summed E-state index contributed by atoms with van der Waals surface area (Å²) in [5.74, 6) is -0.320. The molecule has 0 saturated heterocycles. The highest BCUT2D eigenvalue weighted by molar-refractivity contribution is 6.33. The number of nitrogens with zero attached hydrogens (tertiary/aromatic N) is 5. The molecule has 1 amide bonds. The van der Waals surface area contributed by atoms with E-state index in [1.165, 1.54) is 5.69 Å². The molecule has 2 aromatic carbocycles. The molecule has 0 fully saturated rings. The second-order valence-corrected chi connectivity index (χ2v) is 7.49. The van der Waals surface area contributed by atoms with E-state index in [1.54, 1.807) is 23.1 Å². The van der Waals surface area contributed by atoms with Gasteiger partial charge in [0.2, 0.25) is 0 Å². The van der Waals surface area contributed by atoms with Crippen molar-refractivity contribution >= 4 is 39.9 Å². The Bertz CT molecular complexity index is 1230. The maximum absolute atomic E-state index is 12.6. The van der Waals surface area contributed by atoms with E-state index in [9.17, 15) is 4.79 Å². The standard InChI is InChI=1S/C23H23ClN6O/c1-4-29(5-2)16-8-10-17(11-9-16)30-27-20-13-15(3)19(14-21(20)28-30)26-23(31)18-7-6-12-25-22(18)24/h6-14H,4-5H2,1-3H3,(H,26,31). The van der Waals surface area contributed by atoms with E-state index in [4.69, 9.17) is 11.6 Å².